The lowest BCUT2D eigenvalue weighted by atomic mass is 9.87. The Morgan fingerprint density at radius 2 is 1.85 bits per heavy atom. The summed E-state index contributed by atoms with van der Waals surface area (Å²) in [6.45, 7) is 4.16. The molecule has 0 bridgehead atoms. The summed E-state index contributed by atoms with van der Waals surface area (Å²) in [5.74, 6) is -0.734. The van der Waals surface area contributed by atoms with E-state index in [1.807, 2.05) is 19.1 Å². The first kappa shape index (κ1) is 24.1. The predicted molar refractivity (Wildman–Crippen MR) is 104 cm³/mol. The van der Waals surface area contributed by atoms with Crippen LogP contribution in [0.4, 0.5) is 0 Å². The van der Waals surface area contributed by atoms with Crippen LogP contribution >= 0.6 is 0 Å². The Bertz CT molecular complexity index is 438. The van der Waals surface area contributed by atoms with Crippen LogP contribution in [0.5, 0.6) is 0 Å². The monoisotopic (exact) mass is 386 g/mol. The fourth-order valence-corrected chi connectivity index (χ4v) is 4.04. The highest BCUT2D eigenvalue weighted by Crippen LogP contribution is 2.37. The molecule has 1 saturated carbocycles. The molecule has 0 aromatic heterocycles. The number of hydrogen-bond donors (Lipinski definition) is 4. The van der Waals surface area contributed by atoms with Gasteiger partial charge in [0.05, 0.1) is 12.2 Å². The van der Waals surface area contributed by atoms with E-state index in [0.717, 1.165) is 44.9 Å². The van der Waals surface area contributed by atoms with Gasteiger partial charge in [0.2, 0.25) is 0 Å². The van der Waals surface area contributed by atoms with Crippen LogP contribution in [-0.2, 0) is 9.68 Å². The van der Waals surface area contributed by atoms with Gasteiger partial charge in [0.25, 0.3) is 0 Å². The van der Waals surface area contributed by atoms with Crippen LogP contribution in [0.3, 0.4) is 0 Å². The summed E-state index contributed by atoms with van der Waals surface area (Å²) in [5.41, 5.74) is 0. The Morgan fingerprint density at radius 1 is 1.15 bits per heavy atom. The van der Waals surface area contributed by atoms with Gasteiger partial charge < -0.3 is 15.3 Å². The number of aliphatic hydroxyl groups is 2. The summed E-state index contributed by atoms with van der Waals surface area (Å²) >= 11 is 0. The molecule has 0 radical (unpaired) electrons. The molecule has 1 aliphatic carbocycles. The smallest absolute Gasteiger partial charge is 0.303 e. The molecule has 27 heavy (non-hydrogen) atoms. The molecule has 0 heterocycles. The summed E-state index contributed by atoms with van der Waals surface area (Å²) in [5, 5.41) is 38.5. The summed E-state index contributed by atoms with van der Waals surface area (Å²) in [6.07, 6.45) is 10.1. The molecular formula is C21H38O6. The van der Waals surface area contributed by atoms with E-state index in [1.165, 1.54) is 0 Å². The molecule has 0 aromatic rings. The zero-order chi connectivity index (χ0) is 20.2. The molecule has 6 heteroatoms. The predicted octanol–water partition coefficient (Wildman–Crippen LogP) is 4.01. The van der Waals surface area contributed by atoms with Crippen LogP contribution in [0.1, 0.15) is 78.1 Å². The summed E-state index contributed by atoms with van der Waals surface area (Å²) in [6, 6.07) is 0. The number of carboxylic acids is 1. The van der Waals surface area contributed by atoms with E-state index in [0.29, 0.717) is 12.8 Å². The van der Waals surface area contributed by atoms with Crippen molar-refractivity contribution in [3.8, 4) is 0 Å². The van der Waals surface area contributed by atoms with Crippen molar-refractivity contribution in [2.24, 2.45) is 17.8 Å². The molecule has 6 nitrogen and oxygen atoms in total. The number of aliphatic carboxylic acids is 1. The molecule has 6 atom stereocenters. The first-order valence-electron chi connectivity index (χ1n) is 10.5. The van der Waals surface area contributed by atoms with Gasteiger partial charge in [0.15, 0.2) is 0 Å². The van der Waals surface area contributed by atoms with Crippen molar-refractivity contribution in [1.82, 2.24) is 0 Å². The van der Waals surface area contributed by atoms with E-state index in [9.17, 15) is 20.3 Å². The van der Waals surface area contributed by atoms with Crippen molar-refractivity contribution in [2.45, 2.75) is 96.4 Å². The maximum atomic E-state index is 10.5. The number of hydrogen-bond acceptors (Lipinski definition) is 5. The van der Waals surface area contributed by atoms with Crippen molar-refractivity contribution < 1.29 is 30.3 Å². The van der Waals surface area contributed by atoms with Crippen molar-refractivity contribution in [3.63, 3.8) is 0 Å². The first-order chi connectivity index (χ1) is 12.9. The molecular weight excluding hydrogens is 348 g/mol. The van der Waals surface area contributed by atoms with Crippen LogP contribution in [-0.4, -0.2) is 44.9 Å². The number of carboxylic acid groups (broad SMARTS) is 1. The third-order valence-electron chi connectivity index (χ3n) is 5.81. The summed E-state index contributed by atoms with van der Waals surface area (Å²) in [7, 11) is 0. The van der Waals surface area contributed by atoms with E-state index in [2.05, 4.69) is 11.8 Å². The molecule has 1 rings (SSSR count). The molecule has 4 N–H and O–H groups in total. The quantitative estimate of drug-likeness (QED) is 0.155. The lowest BCUT2D eigenvalue weighted by Crippen LogP contribution is -2.23. The number of aliphatic hydroxyl groups excluding tert-OH is 2. The van der Waals surface area contributed by atoms with Crippen LogP contribution in [0.25, 0.3) is 0 Å². The molecule has 0 aliphatic heterocycles. The number of unbranched alkanes of at least 4 members (excludes halogenated alkanes) is 4. The third kappa shape index (κ3) is 8.73. The number of carbonyl (C=O) groups is 1. The van der Waals surface area contributed by atoms with Crippen molar-refractivity contribution in [2.75, 3.05) is 0 Å². The van der Waals surface area contributed by atoms with E-state index < -0.39 is 24.3 Å². The Hall–Kier alpha value is -0.950. The maximum Gasteiger partial charge on any atom is 0.303 e. The standard InChI is InChI=1S/C21H38O6/c1-3-4-9-15(2)20(27-26)13-12-17-16(18(22)14-19(17)23)10-7-5-6-8-11-21(24)25/h12-13,15-20,22-23,26H,3-11,14H2,1-2H3,(H,24,25)/b13-12+/t15?,16-,17-,18+,19-,20?/m1/s1. The topological polar surface area (TPSA) is 107 Å². The normalized spacial score (nSPS) is 27.9. The Morgan fingerprint density at radius 3 is 2.48 bits per heavy atom. The molecule has 0 aromatic carbocycles. The van der Waals surface area contributed by atoms with Crippen LogP contribution in [0, 0.1) is 17.8 Å². The van der Waals surface area contributed by atoms with Crippen molar-refractivity contribution in [1.29, 1.82) is 0 Å². The van der Waals surface area contributed by atoms with E-state index in [1.54, 1.807) is 0 Å². The molecule has 2 unspecified atom stereocenters. The highest BCUT2D eigenvalue weighted by atomic mass is 17.1. The zero-order valence-electron chi connectivity index (χ0n) is 16.8. The minimum atomic E-state index is -0.761. The van der Waals surface area contributed by atoms with Crippen molar-refractivity contribution >= 4 is 5.97 Å². The van der Waals surface area contributed by atoms with Gasteiger partial charge in [-0.25, -0.2) is 4.89 Å². The second-order valence-electron chi connectivity index (χ2n) is 8.03. The van der Waals surface area contributed by atoms with Crippen LogP contribution in [0.15, 0.2) is 12.2 Å². The van der Waals surface area contributed by atoms with Crippen LogP contribution < -0.4 is 0 Å². The molecule has 1 fully saturated rings. The van der Waals surface area contributed by atoms with E-state index in [-0.39, 0.29) is 24.2 Å². The highest BCUT2D eigenvalue weighted by molar-refractivity contribution is 5.66. The minimum absolute atomic E-state index is 0.0129. The first-order valence-corrected chi connectivity index (χ1v) is 10.5. The SMILES string of the molecule is CCCCC(C)C(/C=C/[C@@H]1[C@@H](CCCCCCC(=O)O)[C@@H](O)C[C@H]1O)OO. The molecule has 0 saturated heterocycles. The Balaban J connectivity index is 2.52. The van der Waals surface area contributed by atoms with Gasteiger partial charge in [0, 0.05) is 18.8 Å². The van der Waals surface area contributed by atoms with Crippen LogP contribution in [0.2, 0.25) is 0 Å². The van der Waals surface area contributed by atoms with Gasteiger partial charge in [-0.2, -0.15) is 0 Å². The summed E-state index contributed by atoms with van der Waals surface area (Å²) < 4.78 is 0. The fourth-order valence-electron chi connectivity index (χ4n) is 4.04. The number of rotatable bonds is 14. The third-order valence-corrected chi connectivity index (χ3v) is 5.81. The van der Waals surface area contributed by atoms with Crippen molar-refractivity contribution in [3.05, 3.63) is 12.2 Å². The van der Waals surface area contributed by atoms with Gasteiger partial charge in [0.1, 0.15) is 6.10 Å². The molecule has 0 amide bonds. The largest absolute Gasteiger partial charge is 0.481 e. The van der Waals surface area contributed by atoms with Gasteiger partial charge in [-0.1, -0.05) is 58.1 Å². The van der Waals surface area contributed by atoms with Gasteiger partial charge in [-0.3, -0.25) is 10.1 Å². The van der Waals surface area contributed by atoms with Gasteiger partial charge in [-0.15, -0.1) is 0 Å². The highest BCUT2D eigenvalue weighted by Gasteiger charge is 2.39. The van der Waals surface area contributed by atoms with E-state index in [4.69, 9.17) is 5.11 Å². The minimum Gasteiger partial charge on any atom is -0.481 e. The molecule has 1 aliphatic rings. The van der Waals surface area contributed by atoms with E-state index >= 15 is 0 Å². The van der Waals surface area contributed by atoms with Gasteiger partial charge in [-0.05, 0) is 31.1 Å². The lowest BCUT2D eigenvalue weighted by Gasteiger charge is -2.22. The second kappa shape index (κ2) is 13.3. The average molecular weight is 387 g/mol. The second-order valence-corrected chi connectivity index (χ2v) is 8.03. The molecule has 0 spiro atoms. The zero-order valence-corrected chi connectivity index (χ0v) is 16.8. The van der Waals surface area contributed by atoms with Gasteiger partial charge >= 0.3 is 5.97 Å². The molecule has 158 valence electrons. The Labute approximate surface area is 163 Å². The summed E-state index contributed by atoms with van der Waals surface area (Å²) in [4.78, 5) is 15.2. The average Bonchev–Trinajstić information content (AvgIpc) is 2.89. The maximum absolute atomic E-state index is 10.5. The Kier molecular flexibility index (Phi) is 11.8. The lowest BCUT2D eigenvalue weighted by molar-refractivity contribution is -0.276. The fraction of sp³-hybridized carbons (Fsp3) is 0.857.